The van der Waals surface area contributed by atoms with E-state index in [1.165, 1.54) is 61.6 Å². The molecule has 2 aliphatic rings. The smallest absolute Gasteiger partial charge is 0.0723 e. The van der Waals surface area contributed by atoms with Gasteiger partial charge in [0.05, 0.1) is 12.7 Å². The van der Waals surface area contributed by atoms with Gasteiger partial charge in [0.1, 0.15) is 0 Å². The zero-order chi connectivity index (χ0) is 15.4. The molecule has 0 saturated heterocycles. The first-order valence-electron chi connectivity index (χ1n) is 9.25. The highest BCUT2D eigenvalue weighted by atomic mass is 16.5. The Balaban J connectivity index is 1.57. The fourth-order valence-corrected chi connectivity index (χ4v) is 4.05. The Hall–Kier alpha value is -0.860. The number of hydrogen-bond donors (Lipinski definition) is 1. The third-order valence-electron chi connectivity index (χ3n) is 5.48. The first kappa shape index (κ1) is 16.0. The molecule has 2 N–H and O–H groups in total. The molecule has 3 atom stereocenters. The third kappa shape index (κ3) is 3.91. The second-order valence-electron chi connectivity index (χ2n) is 7.28. The van der Waals surface area contributed by atoms with Crippen molar-refractivity contribution in [3.05, 3.63) is 34.9 Å². The van der Waals surface area contributed by atoms with Gasteiger partial charge in [0.15, 0.2) is 0 Å². The average Bonchev–Trinajstić information content (AvgIpc) is 2.97. The lowest BCUT2D eigenvalue weighted by atomic mass is 9.90. The van der Waals surface area contributed by atoms with E-state index in [0.29, 0.717) is 18.1 Å². The quantitative estimate of drug-likeness (QED) is 0.773. The van der Waals surface area contributed by atoms with Gasteiger partial charge in [-0.3, -0.25) is 0 Å². The van der Waals surface area contributed by atoms with Gasteiger partial charge in [-0.2, -0.15) is 0 Å². The third-order valence-corrected chi connectivity index (χ3v) is 5.48. The number of ether oxygens (including phenoxy) is 1. The number of unbranched alkanes of at least 4 members (excludes halogenated alkanes) is 3. The predicted octanol–water partition coefficient (Wildman–Crippen LogP) is 4.69. The summed E-state index contributed by atoms with van der Waals surface area (Å²) in [6.45, 7) is 3.07. The Morgan fingerprint density at radius 2 is 2.05 bits per heavy atom. The fourth-order valence-electron chi connectivity index (χ4n) is 4.05. The van der Waals surface area contributed by atoms with E-state index in [0.717, 1.165) is 19.4 Å². The lowest BCUT2D eigenvalue weighted by molar-refractivity contribution is 0.0216. The van der Waals surface area contributed by atoms with Crippen molar-refractivity contribution < 1.29 is 4.74 Å². The van der Waals surface area contributed by atoms with Crippen LogP contribution in [-0.4, -0.2) is 12.1 Å². The molecule has 1 aliphatic heterocycles. The van der Waals surface area contributed by atoms with Crippen molar-refractivity contribution in [1.82, 2.24) is 0 Å². The fraction of sp³-hybridized carbons (Fsp3) is 0.700. The van der Waals surface area contributed by atoms with Gasteiger partial charge in [0, 0.05) is 6.04 Å². The van der Waals surface area contributed by atoms with Crippen LogP contribution in [0, 0.1) is 0 Å². The number of nitrogens with two attached hydrogens (primary N) is 1. The van der Waals surface area contributed by atoms with Crippen LogP contribution < -0.4 is 5.73 Å². The Morgan fingerprint density at radius 1 is 1.14 bits per heavy atom. The van der Waals surface area contributed by atoms with Crippen LogP contribution in [0.4, 0.5) is 0 Å². The summed E-state index contributed by atoms with van der Waals surface area (Å²) in [5.74, 6) is 0.673. The number of benzene rings is 1. The summed E-state index contributed by atoms with van der Waals surface area (Å²) in [4.78, 5) is 0. The molecule has 2 nitrogen and oxygen atoms in total. The minimum atomic E-state index is 0.407. The highest BCUT2D eigenvalue weighted by Gasteiger charge is 2.25. The first-order chi connectivity index (χ1) is 10.8. The molecule has 0 radical (unpaired) electrons. The molecule has 0 aromatic heterocycles. The molecule has 1 heterocycles. The minimum absolute atomic E-state index is 0.407. The number of fused-ring (bicyclic) bond motifs is 1. The average molecular weight is 301 g/mol. The zero-order valence-corrected chi connectivity index (χ0v) is 14.0. The molecule has 1 saturated carbocycles. The standard InChI is InChI=1S/C20H31NO/c1-2-3-4-5-6-20-13-17-8-7-15(11-18(17)14-22-20)16-9-10-19(21)12-16/h7-8,11,16,19-20H,2-6,9-10,12-14,21H2,1H3/t16?,19?,20-/m1/s1. The lowest BCUT2D eigenvalue weighted by Crippen LogP contribution is -2.22. The SMILES string of the molecule is CCCCCC[C@@H]1Cc2ccc(C3CCC(N)C3)cc2CO1. The maximum Gasteiger partial charge on any atom is 0.0723 e. The van der Waals surface area contributed by atoms with Crippen LogP contribution in [0.1, 0.15) is 80.9 Å². The molecule has 0 bridgehead atoms. The van der Waals surface area contributed by atoms with Crippen molar-refractivity contribution in [2.75, 3.05) is 0 Å². The largest absolute Gasteiger partial charge is 0.373 e. The molecule has 1 aromatic rings. The van der Waals surface area contributed by atoms with Crippen molar-refractivity contribution >= 4 is 0 Å². The molecule has 22 heavy (non-hydrogen) atoms. The van der Waals surface area contributed by atoms with Gasteiger partial charge < -0.3 is 10.5 Å². The Labute approximate surface area is 135 Å². The maximum atomic E-state index is 6.10. The normalized spacial score (nSPS) is 27.8. The van der Waals surface area contributed by atoms with Gasteiger partial charge in [0.2, 0.25) is 0 Å². The molecule has 2 unspecified atom stereocenters. The summed E-state index contributed by atoms with van der Waals surface area (Å²) in [5.41, 5.74) is 10.5. The van der Waals surface area contributed by atoms with Crippen LogP contribution in [0.5, 0.6) is 0 Å². The molecule has 122 valence electrons. The Kier molecular flexibility index (Phi) is 5.54. The van der Waals surface area contributed by atoms with Gasteiger partial charge in [-0.15, -0.1) is 0 Å². The van der Waals surface area contributed by atoms with E-state index in [9.17, 15) is 0 Å². The molecule has 1 fully saturated rings. The molecular weight excluding hydrogens is 270 g/mol. The molecule has 0 amide bonds. The topological polar surface area (TPSA) is 35.2 Å². The highest BCUT2D eigenvalue weighted by molar-refractivity contribution is 5.35. The van der Waals surface area contributed by atoms with Crippen LogP contribution in [0.25, 0.3) is 0 Å². The van der Waals surface area contributed by atoms with E-state index in [2.05, 4.69) is 25.1 Å². The van der Waals surface area contributed by atoms with Gasteiger partial charge in [0.25, 0.3) is 0 Å². The van der Waals surface area contributed by atoms with Crippen molar-refractivity contribution in [1.29, 1.82) is 0 Å². The van der Waals surface area contributed by atoms with E-state index >= 15 is 0 Å². The minimum Gasteiger partial charge on any atom is -0.373 e. The van der Waals surface area contributed by atoms with E-state index in [4.69, 9.17) is 10.5 Å². The summed E-state index contributed by atoms with van der Waals surface area (Å²) in [6.07, 6.45) is 11.7. The van der Waals surface area contributed by atoms with Crippen LogP contribution in [0.2, 0.25) is 0 Å². The molecule has 1 aliphatic carbocycles. The maximum absolute atomic E-state index is 6.10. The van der Waals surface area contributed by atoms with Gasteiger partial charge in [-0.25, -0.2) is 0 Å². The molecule has 2 heteroatoms. The van der Waals surface area contributed by atoms with Crippen molar-refractivity contribution in [3.8, 4) is 0 Å². The van der Waals surface area contributed by atoms with Gasteiger partial charge >= 0.3 is 0 Å². The second kappa shape index (κ2) is 7.61. The van der Waals surface area contributed by atoms with Crippen LogP contribution in [0.3, 0.4) is 0 Å². The van der Waals surface area contributed by atoms with E-state index in [1.54, 1.807) is 0 Å². The van der Waals surface area contributed by atoms with E-state index < -0.39 is 0 Å². The second-order valence-corrected chi connectivity index (χ2v) is 7.28. The summed E-state index contributed by atoms with van der Waals surface area (Å²) in [7, 11) is 0. The molecule has 3 rings (SSSR count). The summed E-state index contributed by atoms with van der Waals surface area (Å²) in [6, 6.07) is 7.51. The number of rotatable bonds is 6. The summed E-state index contributed by atoms with van der Waals surface area (Å²) in [5, 5.41) is 0. The first-order valence-corrected chi connectivity index (χ1v) is 9.25. The Bertz CT molecular complexity index is 485. The summed E-state index contributed by atoms with van der Waals surface area (Å²) >= 11 is 0. The van der Waals surface area contributed by atoms with Crippen molar-refractivity contribution in [2.24, 2.45) is 5.73 Å². The molecular formula is C20H31NO. The molecule has 1 aromatic carbocycles. The number of hydrogen-bond acceptors (Lipinski definition) is 2. The van der Waals surface area contributed by atoms with Crippen molar-refractivity contribution in [2.45, 2.75) is 89.4 Å². The van der Waals surface area contributed by atoms with Gasteiger partial charge in [-0.1, -0.05) is 50.8 Å². The van der Waals surface area contributed by atoms with E-state index in [1.807, 2.05) is 0 Å². The zero-order valence-electron chi connectivity index (χ0n) is 14.0. The monoisotopic (exact) mass is 301 g/mol. The lowest BCUT2D eigenvalue weighted by Gasteiger charge is -2.26. The van der Waals surface area contributed by atoms with E-state index in [-0.39, 0.29) is 0 Å². The predicted molar refractivity (Wildman–Crippen MR) is 92.0 cm³/mol. The highest BCUT2D eigenvalue weighted by Crippen LogP contribution is 2.35. The van der Waals surface area contributed by atoms with Gasteiger partial charge in [-0.05, 0) is 54.7 Å². The van der Waals surface area contributed by atoms with Crippen LogP contribution in [-0.2, 0) is 17.8 Å². The van der Waals surface area contributed by atoms with Crippen LogP contribution >= 0.6 is 0 Å². The van der Waals surface area contributed by atoms with Crippen LogP contribution in [0.15, 0.2) is 18.2 Å². The van der Waals surface area contributed by atoms with Crippen molar-refractivity contribution in [3.63, 3.8) is 0 Å². The molecule has 0 spiro atoms. The Morgan fingerprint density at radius 3 is 2.82 bits per heavy atom. The summed E-state index contributed by atoms with van der Waals surface area (Å²) < 4.78 is 6.10.